The summed E-state index contributed by atoms with van der Waals surface area (Å²) in [6.07, 6.45) is 1.78. The van der Waals surface area contributed by atoms with Crippen molar-refractivity contribution in [3.8, 4) is 5.88 Å². The molecule has 1 amide bonds. The topological polar surface area (TPSA) is 93.2 Å². The van der Waals surface area contributed by atoms with Gasteiger partial charge in [-0.1, -0.05) is 13.8 Å². The molecule has 9 heteroatoms. The molecule has 31 heavy (non-hydrogen) atoms. The second kappa shape index (κ2) is 11.1. The minimum Gasteiger partial charge on any atom is -0.476 e. The third-order valence-electron chi connectivity index (χ3n) is 5.82. The van der Waals surface area contributed by atoms with E-state index in [1.54, 1.807) is 13.2 Å². The van der Waals surface area contributed by atoms with Crippen molar-refractivity contribution >= 4 is 11.6 Å². The number of methoxy groups -OCH3 is 1. The Balaban J connectivity index is 1.70. The van der Waals surface area contributed by atoms with E-state index in [2.05, 4.69) is 15.2 Å². The molecule has 2 aliphatic rings. The smallest absolute Gasteiger partial charge is 0.270 e. The van der Waals surface area contributed by atoms with Gasteiger partial charge in [0.25, 0.3) is 5.91 Å². The molecule has 1 aromatic rings. The number of ether oxygens (including phenoxy) is 3. The highest BCUT2D eigenvalue weighted by Crippen LogP contribution is 2.39. The van der Waals surface area contributed by atoms with E-state index in [0.717, 1.165) is 25.2 Å². The fourth-order valence-corrected chi connectivity index (χ4v) is 3.80. The van der Waals surface area contributed by atoms with Crippen molar-refractivity contribution in [2.24, 2.45) is 17.8 Å². The quantitative estimate of drug-likeness (QED) is 0.486. The molecule has 2 heterocycles. The van der Waals surface area contributed by atoms with Crippen molar-refractivity contribution in [2.45, 2.75) is 38.8 Å². The number of aromatic nitrogens is 1. The van der Waals surface area contributed by atoms with Crippen LogP contribution in [0.4, 0.5) is 10.1 Å². The summed E-state index contributed by atoms with van der Waals surface area (Å²) in [5.41, 5.74) is 1.07. The number of alkyl halides is 1. The standard InChI is InChI=1S/C22H34FN3O5/c1-14(2)6-17(12-30-13-23)24-21(28)19-4-5-20(26-8-18(9-26)29-3)22(25-19)31-11-16-7-15(16)10-27/h4-5,14-18,27H,6-13H2,1-3H3,(H,24,28)/t15-,16-,17+/m1/s1. The van der Waals surface area contributed by atoms with Crippen LogP contribution in [0.25, 0.3) is 0 Å². The average Bonchev–Trinajstić information content (AvgIpc) is 3.48. The van der Waals surface area contributed by atoms with Crippen LogP contribution < -0.4 is 15.0 Å². The van der Waals surface area contributed by atoms with Crippen molar-refractivity contribution in [3.05, 3.63) is 17.8 Å². The van der Waals surface area contributed by atoms with Crippen LogP contribution in [-0.4, -0.2) is 75.0 Å². The Morgan fingerprint density at radius 2 is 2.13 bits per heavy atom. The van der Waals surface area contributed by atoms with E-state index in [9.17, 15) is 14.3 Å². The highest BCUT2D eigenvalue weighted by atomic mass is 19.1. The van der Waals surface area contributed by atoms with Gasteiger partial charge >= 0.3 is 0 Å². The summed E-state index contributed by atoms with van der Waals surface area (Å²) < 4.78 is 28.6. The van der Waals surface area contributed by atoms with Gasteiger partial charge in [-0.25, -0.2) is 9.37 Å². The summed E-state index contributed by atoms with van der Waals surface area (Å²) in [4.78, 5) is 19.4. The fourth-order valence-electron chi connectivity index (χ4n) is 3.80. The van der Waals surface area contributed by atoms with Crippen LogP contribution in [-0.2, 0) is 9.47 Å². The van der Waals surface area contributed by atoms with Gasteiger partial charge in [0, 0.05) is 26.8 Å². The lowest BCUT2D eigenvalue weighted by atomic mass is 10.0. The van der Waals surface area contributed by atoms with E-state index in [4.69, 9.17) is 14.2 Å². The minimum absolute atomic E-state index is 0.109. The Morgan fingerprint density at radius 1 is 1.35 bits per heavy atom. The summed E-state index contributed by atoms with van der Waals surface area (Å²) in [6.45, 7) is 5.38. The fraction of sp³-hybridized carbons (Fsp3) is 0.727. The Bertz CT molecular complexity index is 729. The molecule has 0 unspecified atom stereocenters. The molecule has 1 saturated heterocycles. The van der Waals surface area contributed by atoms with Crippen molar-refractivity contribution in [2.75, 3.05) is 51.8 Å². The van der Waals surface area contributed by atoms with Crippen LogP contribution in [0.3, 0.4) is 0 Å². The van der Waals surface area contributed by atoms with Crippen LogP contribution in [0, 0.1) is 17.8 Å². The van der Waals surface area contributed by atoms with Gasteiger partial charge < -0.3 is 29.5 Å². The summed E-state index contributed by atoms with van der Waals surface area (Å²) in [5.74, 6) is 0.979. The number of aliphatic hydroxyl groups excluding tert-OH is 1. The number of aliphatic hydroxyl groups is 1. The first kappa shape index (κ1) is 23.7. The molecule has 1 aliphatic carbocycles. The molecule has 2 N–H and O–H groups in total. The summed E-state index contributed by atoms with van der Waals surface area (Å²) in [5, 5.41) is 12.2. The first-order valence-corrected chi connectivity index (χ1v) is 10.9. The van der Waals surface area contributed by atoms with Crippen molar-refractivity contribution < 1.29 is 28.5 Å². The molecule has 1 saturated carbocycles. The molecule has 174 valence electrons. The number of amides is 1. The van der Waals surface area contributed by atoms with Gasteiger partial charge in [-0.15, -0.1) is 0 Å². The molecule has 3 atom stereocenters. The highest BCUT2D eigenvalue weighted by molar-refractivity contribution is 5.93. The van der Waals surface area contributed by atoms with Crippen LogP contribution in [0.1, 0.15) is 37.2 Å². The minimum atomic E-state index is -0.885. The third-order valence-corrected chi connectivity index (χ3v) is 5.82. The largest absolute Gasteiger partial charge is 0.476 e. The van der Waals surface area contributed by atoms with Gasteiger partial charge in [-0.3, -0.25) is 4.79 Å². The second-order valence-corrected chi connectivity index (χ2v) is 8.81. The molecule has 2 fully saturated rings. The first-order chi connectivity index (χ1) is 14.9. The lowest BCUT2D eigenvalue weighted by molar-refractivity contribution is 0.0385. The van der Waals surface area contributed by atoms with Gasteiger partial charge in [-0.05, 0) is 42.7 Å². The number of pyridine rings is 1. The molecule has 3 rings (SSSR count). The van der Waals surface area contributed by atoms with Crippen LogP contribution in [0.5, 0.6) is 5.88 Å². The number of hydrogen-bond donors (Lipinski definition) is 2. The summed E-state index contributed by atoms with van der Waals surface area (Å²) in [7, 11) is 1.69. The van der Waals surface area contributed by atoms with Crippen molar-refractivity contribution in [1.29, 1.82) is 0 Å². The number of hydrogen-bond acceptors (Lipinski definition) is 7. The number of carbonyl (C=O) groups excluding carboxylic acids is 1. The van der Waals surface area contributed by atoms with Gasteiger partial charge in [0.1, 0.15) is 11.4 Å². The lowest BCUT2D eigenvalue weighted by Crippen LogP contribution is -2.52. The maximum atomic E-state index is 12.8. The van der Waals surface area contributed by atoms with Gasteiger partial charge in [0.2, 0.25) is 5.88 Å². The van der Waals surface area contributed by atoms with E-state index < -0.39 is 6.86 Å². The predicted molar refractivity (Wildman–Crippen MR) is 114 cm³/mol. The molecule has 0 spiro atoms. The maximum absolute atomic E-state index is 12.8. The molecule has 1 aliphatic heterocycles. The molecular weight excluding hydrogens is 405 g/mol. The maximum Gasteiger partial charge on any atom is 0.270 e. The zero-order valence-electron chi connectivity index (χ0n) is 18.6. The number of carbonyl (C=O) groups is 1. The lowest BCUT2D eigenvalue weighted by Gasteiger charge is -2.40. The Kier molecular flexibility index (Phi) is 8.45. The molecule has 0 radical (unpaired) electrons. The number of nitrogens with one attached hydrogen (secondary N) is 1. The van der Waals surface area contributed by atoms with Gasteiger partial charge in [0.15, 0.2) is 6.86 Å². The SMILES string of the molecule is COC1CN(c2ccc(C(=O)N[C@H](COCF)CC(C)C)nc2OC[C@H]2C[C@@H]2CO)C1. The summed E-state index contributed by atoms with van der Waals surface area (Å²) >= 11 is 0. The normalized spacial score (nSPS) is 21.7. The zero-order valence-corrected chi connectivity index (χ0v) is 18.6. The van der Waals surface area contributed by atoms with Crippen LogP contribution in [0.15, 0.2) is 12.1 Å². The van der Waals surface area contributed by atoms with Crippen molar-refractivity contribution in [3.63, 3.8) is 0 Å². The van der Waals surface area contributed by atoms with Gasteiger partial charge in [-0.2, -0.15) is 0 Å². The van der Waals surface area contributed by atoms with Crippen molar-refractivity contribution in [1.82, 2.24) is 10.3 Å². The number of anilines is 1. The monoisotopic (exact) mass is 439 g/mol. The average molecular weight is 440 g/mol. The van der Waals surface area contributed by atoms with E-state index in [1.165, 1.54) is 0 Å². The molecule has 0 aromatic carbocycles. The van der Waals surface area contributed by atoms with E-state index in [-0.39, 0.29) is 42.9 Å². The third kappa shape index (κ3) is 6.51. The van der Waals surface area contributed by atoms with Crippen LogP contribution in [0.2, 0.25) is 0 Å². The zero-order chi connectivity index (χ0) is 22.4. The second-order valence-electron chi connectivity index (χ2n) is 8.81. The Labute approximate surface area is 183 Å². The Morgan fingerprint density at radius 3 is 2.74 bits per heavy atom. The number of rotatable bonds is 13. The number of nitrogens with zero attached hydrogens (tertiary/aromatic N) is 2. The summed E-state index contributed by atoms with van der Waals surface area (Å²) in [6, 6.07) is 3.21. The highest BCUT2D eigenvalue weighted by Gasteiger charge is 2.37. The van der Waals surface area contributed by atoms with E-state index in [0.29, 0.717) is 30.7 Å². The first-order valence-electron chi connectivity index (χ1n) is 10.9. The van der Waals surface area contributed by atoms with E-state index >= 15 is 0 Å². The predicted octanol–water partition coefficient (Wildman–Crippen LogP) is 2.01. The van der Waals surface area contributed by atoms with Gasteiger partial charge in [0.05, 0.1) is 25.4 Å². The molecule has 0 bridgehead atoms. The molecule has 1 aromatic heterocycles. The Hall–Kier alpha value is -1.97. The molecule has 8 nitrogen and oxygen atoms in total. The molecular formula is C22H34FN3O5. The number of halogens is 1. The van der Waals surface area contributed by atoms with Crippen LogP contribution >= 0.6 is 0 Å². The van der Waals surface area contributed by atoms with E-state index in [1.807, 2.05) is 19.9 Å².